The Morgan fingerprint density at radius 1 is 1.06 bits per heavy atom. The predicted octanol–water partition coefficient (Wildman–Crippen LogP) is 4.56. The molecule has 0 saturated heterocycles. The van der Waals surface area contributed by atoms with E-state index >= 15 is 0 Å². The van der Waals surface area contributed by atoms with E-state index in [2.05, 4.69) is 72.8 Å². The van der Waals surface area contributed by atoms with E-state index in [-0.39, 0.29) is 0 Å². The third kappa shape index (κ3) is 6.23. The second-order valence-corrected chi connectivity index (χ2v) is 6.53. The molecule has 0 saturated carbocycles. The Morgan fingerprint density at radius 3 is 2.12 bits per heavy atom. The molecule has 0 heterocycles. The Morgan fingerprint density at radius 2 is 1.65 bits per heavy atom. The zero-order chi connectivity index (χ0) is 12.8. The fraction of sp³-hybridized carbons (Fsp3) is 0.600. The molecule has 0 radical (unpaired) electrons. The van der Waals surface area contributed by atoms with Crippen molar-refractivity contribution in [2.45, 2.75) is 34.2 Å². The first-order valence-corrected chi connectivity index (χ1v) is 7.23. The third-order valence-electron chi connectivity index (χ3n) is 2.54. The van der Waals surface area contributed by atoms with Gasteiger partial charge in [-0.1, -0.05) is 55.8 Å². The van der Waals surface area contributed by atoms with Crippen LogP contribution in [0.2, 0.25) is 0 Å². The van der Waals surface area contributed by atoms with Crippen molar-refractivity contribution in [2.24, 2.45) is 11.8 Å². The second-order valence-electron chi connectivity index (χ2n) is 5.61. The minimum Gasteiger partial charge on any atom is -0.299 e. The molecule has 17 heavy (non-hydrogen) atoms. The molecule has 0 aromatic heterocycles. The summed E-state index contributed by atoms with van der Waals surface area (Å²) in [5.74, 6) is 1.45. The lowest BCUT2D eigenvalue weighted by Crippen LogP contribution is -2.30. The van der Waals surface area contributed by atoms with Gasteiger partial charge in [0.15, 0.2) is 0 Å². The summed E-state index contributed by atoms with van der Waals surface area (Å²) >= 11 is 3.54. The molecule has 0 fully saturated rings. The van der Waals surface area contributed by atoms with Crippen LogP contribution in [0.5, 0.6) is 0 Å². The molecule has 1 nitrogen and oxygen atoms in total. The quantitative estimate of drug-likeness (QED) is 0.744. The normalized spacial score (nSPS) is 11.8. The van der Waals surface area contributed by atoms with E-state index in [1.807, 2.05) is 0 Å². The third-order valence-corrected chi connectivity index (χ3v) is 3.04. The summed E-state index contributed by atoms with van der Waals surface area (Å²) in [4.78, 5) is 2.55. The number of hydrogen-bond acceptors (Lipinski definition) is 1. The summed E-state index contributed by atoms with van der Waals surface area (Å²) in [5, 5.41) is 0. The Hall–Kier alpha value is -0.340. The van der Waals surface area contributed by atoms with Gasteiger partial charge < -0.3 is 0 Å². The van der Waals surface area contributed by atoms with E-state index in [1.54, 1.807) is 0 Å². The minimum atomic E-state index is 0.723. The molecule has 1 aromatic rings. The van der Waals surface area contributed by atoms with E-state index in [4.69, 9.17) is 0 Å². The summed E-state index contributed by atoms with van der Waals surface area (Å²) in [7, 11) is 0. The lowest BCUT2D eigenvalue weighted by Gasteiger charge is -2.26. The summed E-state index contributed by atoms with van der Waals surface area (Å²) < 4.78 is 1.17. The number of rotatable bonds is 6. The number of halogens is 1. The maximum atomic E-state index is 3.54. The SMILES string of the molecule is CC(C)CN(Cc1cccc(Br)c1)CC(C)C. The first-order valence-electron chi connectivity index (χ1n) is 6.44. The van der Waals surface area contributed by atoms with Crippen molar-refractivity contribution in [2.75, 3.05) is 13.1 Å². The smallest absolute Gasteiger partial charge is 0.0234 e. The highest BCUT2D eigenvalue weighted by Gasteiger charge is 2.10. The zero-order valence-electron chi connectivity index (χ0n) is 11.4. The second kappa shape index (κ2) is 7.17. The number of nitrogens with zero attached hydrogens (tertiary/aromatic N) is 1. The van der Waals surface area contributed by atoms with Crippen molar-refractivity contribution in [3.05, 3.63) is 34.3 Å². The van der Waals surface area contributed by atoms with Gasteiger partial charge in [-0.3, -0.25) is 4.90 Å². The first-order chi connectivity index (χ1) is 7.97. The summed E-state index contributed by atoms with van der Waals surface area (Å²) in [6.07, 6.45) is 0. The van der Waals surface area contributed by atoms with Crippen LogP contribution in [0.15, 0.2) is 28.7 Å². The van der Waals surface area contributed by atoms with Gasteiger partial charge in [0.25, 0.3) is 0 Å². The largest absolute Gasteiger partial charge is 0.299 e. The molecule has 0 unspecified atom stereocenters. The molecule has 0 amide bonds. The minimum absolute atomic E-state index is 0.723. The molecule has 0 aliphatic heterocycles. The molecule has 1 rings (SSSR count). The van der Waals surface area contributed by atoms with Crippen LogP contribution in [0.25, 0.3) is 0 Å². The molecule has 2 heteroatoms. The Bertz CT molecular complexity index is 323. The van der Waals surface area contributed by atoms with E-state index < -0.39 is 0 Å². The molecule has 96 valence electrons. The molecular formula is C15H24BrN. The van der Waals surface area contributed by atoms with Crippen LogP contribution in [-0.4, -0.2) is 18.0 Å². The topological polar surface area (TPSA) is 3.24 Å². The molecule has 0 aliphatic carbocycles. The summed E-state index contributed by atoms with van der Waals surface area (Å²) in [6, 6.07) is 8.62. The van der Waals surface area contributed by atoms with Crippen molar-refractivity contribution >= 4 is 15.9 Å². The van der Waals surface area contributed by atoms with Gasteiger partial charge in [-0.25, -0.2) is 0 Å². The number of benzene rings is 1. The highest BCUT2D eigenvalue weighted by Crippen LogP contribution is 2.15. The fourth-order valence-electron chi connectivity index (χ4n) is 2.13. The summed E-state index contributed by atoms with van der Waals surface area (Å²) in [5.41, 5.74) is 1.39. The molecule has 0 bridgehead atoms. The van der Waals surface area contributed by atoms with E-state index in [0.29, 0.717) is 0 Å². The Balaban J connectivity index is 2.64. The average Bonchev–Trinajstić information content (AvgIpc) is 2.14. The Labute approximate surface area is 114 Å². The van der Waals surface area contributed by atoms with Crippen molar-refractivity contribution in [3.8, 4) is 0 Å². The maximum absolute atomic E-state index is 3.54. The standard InChI is InChI=1S/C15H24BrN/c1-12(2)9-17(10-13(3)4)11-14-6-5-7-15(16)8-14/h5-8,12-13H,9-11H2,1-4H3. The van der Waals surface area contributed by atoms with Gasteiger partial charge in [0.1, 0.15) is 0 Å². The predicted molar refractivity (Wildman–Crippen MR) is 79.1 cm³/mol. The molecule has 1 aromatic carbocycles. The van der Waals surface area contributed by atoms with Crippen molar-refractivity contribution < 1.29 is 0 Å². The number of hydrogen-bond donors (Lipinski definition) is 0. The molecule has 0 atom stereocenters. The highest BCUT2D eigenvalue weighted by atomic mass is 79.9. The van der Waals surface area contributed by atoms with Crippen LogP contribution in [-0.2, 0) is 6.54 Å². The van der Waals surface area contributed by atoms with Crippen LogP contribution in [0, 0.1) is 11.8 Å². The zero-order valence-corrected chi connectivity index (χ0v) is 13.0. The molecule has 0 spiro atoms. The lowest BCUT2D eigenvalue weighted by atomic mass is 10.1. The molecule has 0 N–H and O–H groups in total. The van der Waals surface area contributed by atoms with Gasteiger partial charge >= 0.3 is 0 Å². The van der Waals surface area contributed by atoms with Crippen LogP contribution in [0.1, 0.15) is 33.3 Å². The monoisotopic (exact) mass is 297 g/mol. The van der Waals surface area contributed by atoms with Crippen molar-refractivity contribution in [1.82, 2.24) is 4.90 Å². The van der Waals surface area contributed by atoms with Gasteiger partial charge in [-0.2, -0.15) is 0 Å². The lowest BCUT2D eigenvalue weighted by molar-refractivity contribution is 0.211. The molecule has 0 aliphatic rings. The molecular weight excluding hydrogens is 274 g/mol. The summed E-state index contributed by atoms with van der Waals surface area (Å²) in [6.45, 7) is 12.5. The van der Waals surface area contributed by atoms with E-state index in [0.717, 1.165) is 18.4 Å². The Kier molecular flexibility index (Phi) is 6.21. The van der Waals surface area contributed by atoms with Crippen molar-refractivity contribution in [3.63, 3.8) is 0 Å². The van der Waals surface area contributed by atoms with Crippen LogP contribution in [0.4, 0.5) is 0 Å². The van der Waals surface area contributed by atoms with Gasteiger partial charge in [-0.15, -0.1) is 0 Å². The van der Waals surface area contributed by atoms with Gasteiger partial charge in [0.05, 0.1) is 0 Å². The van der Waals surface area contributed by atoms with Crippen LogP contribution < -0.4 is 0 Å². The fourth-order valence-corrected chi connectivity index (χ4v) is 2.58. The van der Waals surface area contributed by atoms with Gasteiger partial charge in [0.2, 0.25) is 0 Å². The van der Waals surface area contributed by atoms with Crippen LogP contribution >= 0.6 is 15.9 Å². The van der Waals surface area contributed by atoms with E-state index in [9.17, 15) is 0 Å². The maximum Gasteiger partial charge on any atom is 0.0234 e. The first kappa shape index (κ1) is 14.7. The average molecular weight is 298 g/mol. The highest BCUT2D eigenvalue weighted by molar-refractivity contribution is 9.10. The van der Waals surface area contributed by atoms with Crippen molar-refractivity contribution in [1.29, 1.82) is 0 Å². The van der Waals surface area contributed by atoms with Gasteiger partial charge in [-0.05, 0) is 29.5 Å². The van der Waals surface area contributed by atoms with E-state index in [1.165, 1.54) is 23.1 Å². The van der Waals surface area contributed by atoms with Gasteiger partial charge in [0, 0.05) is 24.1 Å². The van der Waals surface area contributed by atoms with Crippen LogP contribution in [0.3, 0.4) is 0 Å².